The maximum Gasteiger partial charge on any atom is 0.146 e. The van der Waals surface area contributed by atoms with E-state index in [1.165, 1.54) is 5.39 Å². The molecule has 1 aromatic heterocycles. The fourth-order valence-corrected chi connectivity index (χ4v) is 2.23. The average Bonchev–Trinajstić information content (AvgIpc) is 2.93. The number of aromatic amines is 1. The average molecular weight is 267 g/mol. The molecule has 0 radical (unpaired) electrons. The predicted octanol–water partition coefficient (Wildman–Crippen LogP) is 2.64. The number of hydrogen-bond donors (Lipinski definition) is 2. The molecule has 4 heteroatoms. The van der Waals surface area contributed by atoms with Crippen LogP contribution < -0.4 is 10.5 Å². The summed E-state index contributed by atoms with van der Waals surface area (Å²) in [4.78, 5) is 7.51. The van der Waals surface area contributed by atoms with Crippen LogP contribution in [-0.4, -0.2) is 16.5 Å². The Morgan fingerprint density at radius 1 is 1.10 bits per heavy atom. The lowest BCUT2D eigenvalue weighted by atomic mass is 10.1. The summed E-state index contributed by atoms with van der Waals surface area (Å²) in [5.74, 6) is 1.70. The topological polar surface area (TPSA) is 63.9 Å². The first-order valence-corrected chi connectivity index (χ1v) is 6.70. The molecule has 20 heavy (non-hydrogen) atoms. The van der Waals surface area contributed by atoms with Gasteiger partial charge in [-0.3, -0.25) is 0 Å². The number of benzene rings is 2. The minimum absolute atomic E-state index is 0.429. The molecular formula is C16H17N3O. The second kappa shape index (κ2) is 5.75. The lowest BCUT2D eigenvalue weighted by molar-refractivity contribution is 0.300. The zero-order valence-electron chi connectivity index (χ0n) is 11.2. The van der Waals surface area contributed by atoms with Crippen molar-refractivity contribution in [2.45, 2.75) is 13.0 Å². The number of hydrogen-bond acceptors (Lipinski definition) is 3. The van der Waals surface area contributed by atoms with Crippen molar-refractivity contribution in [1.29, 1.82) is 0 Å². The second-order valence-corrected chi connectivity index (χ2v) is 4.66. The first-order chi connectivity index (χ1) is 9.86. The number of imidazole rings is 1. The molecule has 0 saturated heterocycles. The maximum absolute atomic E-state index is 5.87. The minimum Gasteiger partial charge on any atom is -0.485 e. The molecule has 3 rings (SSSR count). The van der Waals surface area contributed by atoms with Gasteiger partial charge in [-0.15, -0.1) is 0 Å². The van der Waals surface area contributed by atoms with E-state index in [9.17, 15) is 0 Å². The molecule has 0 atom stereocenters. The fraction of sp³-hybridized carbons (Fsp3) is 0.188. The van der Waals surface area contributed by atoms with Gasteiger partial charge in [0.05, 0.1) is 0 Å². The van der Waals surface area contributed by atoms with E-state index in [1.54, 1.807) is 0 Å². The first kappa shape index (κ1) is 12.7. The standard InChI is InChI=1S/C16H17N3O/c17-9-8-13-10-18-16(19-13)11-20-15-7-3-5-12-4-1-2-6-14(12)15/h1-7,10H,8-9,11,17H2,(H,18,19). The van der Waals surface area contributed by atoms with Gasteiger partial charge >= 0.3 is 0 Å². The molecule has 0 aliphatic carbocycles. The van der Waals surface area contributed by atoms with E-state index in [0.717, 1.165) is 29.1 Å². The van der Waals surface area contributed by atoms with Crippen LogP contribution in [0.5, 0.6) is 5.75 Å². The zero-order chi connectivity index (χ0) is 13.8. The monoisotopic (exact) mass is 267 g/mol. The highest BCUT2D eigenvalue weighted by molar-refractivity contribution is 5.88. The number of ether oxygens (including phenoxy) is 1. The largest absolute Gasteiger partial charge is 0.485 e. The van der Waals surface area contributed by atoms with Crippen molar-refractivity contribution in [1.82, 2.24) is 9.97 Å². The van der Waals surface area contributed by atoms with E-state index in [2.05, 4.69) is 28.2 Å². The third kappa shape index (κ3) is 2.65. The molecule has 0 bridgehead atoms. The van der Waals surface area contributed by atoms with E-state index in [1.807, 2.05) is 30.5 Å². The predicted molar refractivity (Wildman–Crippen MR) is 79.6 cm³/mol. The molecule has 0 aliphatic heterocycles. The van der Waals surface area contributed by atoms with Crippen LogP contribution in [0.2, 0.25) is 0 Å². The van der Waals surface area contributed by atoms with Crippen LogP contribution in [0, 0.1) is 0 Å². The summed E-state index contributed by atoms with van der Waals surface area (Å²) < 4.78 is 5.87. The lowest BCUT2D eigenvalue weighted by Gasteiger charge is -2.07. The fourth-order valence-electron chi connectivity index (χ4n) is 2.23. The van der Waals surface area contributed by atoms with Gasteiger partial charge in [-0.1, -0.05) is 36.4 Å². The molecule has 0 spiro atoms. The Kier molecular flexibility index (Phi) is 3.65. The highest BCUT2D eigenvalue weighted by Crippen LogP contribution is 2.25. The smallest absolute Gasteiger partial charge is 0.146 e. The molecule has 2 aromatic carbocycles. The molecule has 0 fully saturated rings. The van der Waals surface area contributed by atoms with Crippen LogP contribution in [0.1, 0.15) is 11.5 Å². The van der Waals surface area contributed by atoms with Gasteiger partial charge in [-0.05, 0) is 18.0 Å². The van der Waals surface area contributed by atoms with E-state index < -0.39 is 0 Å². The van der Waals surface area contributed by atoms with Crippen molar-refractivity contribution in [3.63, 3.8) is 0 Å². The summed E-state index contributed by atoms with van der Waals surface area (Å²) in [5.41, 5.74) is 6.56. The number of nitrogens with two attached hydrogens (primary N) is 1. The summed E-state index contributed by atoms with van der Waals surface area (Å²) in [6.07, 6.45) is 2.62. The Balaban J connectivity index is 1.76. The molecule has 0 aliphatic rings. The third-order valence-electron chi connectivity index (χ3n) is 3.21. The van der Waals surface area contributed by atoms with E-state index >= 15 is 0 Å². The Bertz CT molecular complexity index is 700. The maximum atomic E-state index is 5.87. The Labute approximate surface area is 117 Å². The van der Waals surface area contributed by atoms with Crippen LogP contribution >= 0.6 is 0 Å². The van der Waals surface area contributed by atoms with Gasteiger partial charge in [-0.2, -0.15) is 0 Å². The molecule has 3 aromatic rings. The van der Waals surface area contributed by atoms with Gasteiger partial charge in [0.15, 0.2) is 0 Å². The van der Waals surface area contributed by atoms with Crippen LogP contribution in [-0.2, 0) is 13.0 Å². The van der Waals surface area contributed by atoms with E-state index in [-0.39, 0.29) is 0 Å². The van der Waals surface area contributed by atoms with Gasteiger partial charge in [0.2, 0.25) is 0 Å². The number of fused-ring (bicyclic) bond motifs is 1. The summed E-state index contributed by atoms with van der Waals surface area (Å²) >= 11 is 0. The normalized spacial score (nSPS) is 10.8. The van der Waals surface area contributed by atoms with Crippen molar-refractivity contribution in [3.8, 4) is 5.75 Å². The van der Waals surface area contributed by atoms with Gasteiger partial charge in [0.25, 0.3) is 0 Å². The van der Waals surface area contributed by atoms with Crippen LogP contribution in [0.4, 0.5) is 0 Å². The molecule has 3 N–H and O–H groups in total. The Morgan fingerprint density at radius 2 is 1.95 bits per heavy atom. The van der Waals surface area contributed by atoms with Gasteiger partial charge < -0.3 is 15.5 Å². The molecule has 1 heterocycles. The summed E-state index contributed by atoms with van der Waals surface area (Å²) in [6.45, 7) is 1.05. The lowest BCUT2D eigenvalue weighted by Crippen LogP contribution is -2.03. The molecular weight excluding hydrogens is 250 g/mol. The van der Waals surface area contributed by atoms with Crippen molar-refractivity contribution >= 4 is 10.8 Å². The van der Waals surface area contributed by atoms with E-state index in [4.69, 9.17) is 10.5 Å². The van der Waals surface area contributed by atoms with Crippen LogP contribution in [0.25, 0.3) is 10.8 Å². The molecule has 4 nitrogen and oxygen atoms in total. The van der Waals surface area contributed by atoms with Crippen LogP contribution in [0.3, 0.4) is 0 Å². The van der Waals surface area contributed by atoms with Gasteiger partial charge in [-0.25, -0.2) is 4.98 Å². The Morgan fingerprint density at radius 3 is 2.85 bits per heavy atom. The molecule has 102 valence electrons. The number of H-pyrrole nitrogens is 1. The van der Waals surface area contributed by atoms with Crippen molar-refractivity contribution in [2.75, 3.05) is 6.54 Å². The molecule has 0 amide bonds. The highest BCUT2D eigenvalue weighted by atomic mass is 16.5. The van der Waals surface area contributed by atoms with Gasteiger partial charge in [0.1, 0.15) is 18.2 Å². The number of nitrogens with zero attached hydrogens (tertiary/aromatic N) is 1. The summed E-state index contributed by atoms with van der Waals surface area (Å²) in [6, 6.07) is 14.2. The second-order valence-electron chi connectivity index (χ2n) is 4.66. The summed E-state index contributed by atoms with van der Waals surface area (Å²) in [7, 11) is 0. The SMILES string of the molecule is NCCc1cnc(COc2cccc3ccccc23)[nH]1. The third-order valence-corrected chi connectivity index (χ3v) is 3.21. The highest BCUT2D eigenvalue weighted by Gasteiger charge is 2.04. The van der Waals surface area contributed by atoms with E-state index in [0.29, 0.717) is 13.2 Å². The van der Waals surface area contributed by atoms with Crippen molar-refractivity contribution in [2.24, 2.45) is 5.73 Å². The first-order valence-electron chi connectivity index (χ1n) is 6.70. The number of rotatable bonds is 5. The molecule has 0 unspecified atom stereocenters. The van der Waals surface area contributed by atoms with Crippen molar-refractivity contribution in [3.05, 3.63) is 60.2 Å². The molecule has 0 saturated carbocycles. The number of aromatic nitrogens is 2. The summed E-state index contributed by atoms with van der Waals surface area (Å²) in [5, 5.41) is 2.29. The minimum atomic E-state index is 0.429. The van der Waals surface area contributed by atoms with Crippen molar-refractivity contribution < 1.29 is 4.74 Å². The van der Waals surface area contributed by atoms with Crippen LogP contribution in [0.15, 0.2) is 48.7 Å². The quantitative estimate of drug-likeness (QED) is 0.747. The zero-order valence-corrected chi connectivity index (χ0v) is 11.2. The Hall–Kier alpha value is -2.33. The van der Waals surface area contributed by atoms with Gasteiger partial charge in [0, 0.05) is 23.7 Å². The number of nitrogens with one attached hydrogen (secondary N) is 1.